The summed E-state index contributed by atoms with van der Waals surface area (Å²) in [6, 6.07) is 0. The zero-order valence-corrected chi connectivity index (χ0v) is 6.88. The van der Waals surface area contributed by atoms with Crippen LogP contribution in [0.3, 0.4) is 0 Å². The molecule has 1 aromatic rings. The van der Waals surface area contributed by atoms with E-state index >= 15 is 0 Å². The van der Waals surface area contributed by atoms with Crippen molar-refractivity contribution in [2.24, 2.45) is 5.18 Å². The molecule has 0 fully saturated rings. The first-order valence-electron chi connectivity index (χ1n) is 2.89. The molecule has 0 radical (unpaired) electrons. The lowest BCUT2D eigenvalue weighted by Crippen LogP contribution is -2.07. The lowest BCUT2D eigenvalue weighted by molar-refractivity contribution is 0.446. The van der Waals surface area contributed by atoms with Crippen LogP contribution in [-0.4, -0.2) is 21.3 Å². The van der Waals surface area contributed by atoms with Crippen LogP contribution in [0.1, 0.15) is 0 Å². The van der Waals surface area contributed by atoms with Crippen LogP contribution < -0.4 is 5.56 Å². The Hall–Kier alpha value is -1.37. The Bertz CT molecular complexity index is 361. The van der Waals surface area contributed by atoms with Gasteiger partial charge in [-0.1, -0.05) is 11.8 Å². The highest BCUT2D eigenvalue weighted by molar-refractivity contribution is 7.98. The predicted molar refractivity (Wildman–Crippen MR) is 43.8 cm³/mol. The molecule has 1 heterocycles. The van der Waals surface area contributed by atoms with Gasteiger partial charge in [-0.25, -0.2) is 0 Å². The minimum atomic E-state index is -0.734. The van der Waals surface area contributed by atoms with Crippen LogP contribution in [0.4, 0.5) is 5.69 Å². The second-order valence-corrected chi connectivity index (χ2v) is 2.63. The summed E-state index contributed by atoms with van der Waals surface area (Å²) >= 11 is 1.15. The van der Waals surface area contributed by atoms with Gasteiger partial charge in [0.2, 0.25) is 11.6 Å². The van der Waals surface area contributed by atoms with E-state index in [9.17, 15) is 9.70 Å². The number of hydrogen-bond acceptors (Lipinski definition) is 6. The molecule has 12 heavy (non-hydrogen) atoms. The summed E-state index contributed by atoms with van der Waals surface area (Å²) in [6.07, 6.45) is 1.67. The van der Waals surface area contributed by atoms with Gasteiger partial charge in [0.05, 0.1) is 0 Å². The first-order valence-corrected chi connectivity index (χ1v) is 4.12. The monoisotopic (exact) mass is 187 g/mol. The zero-order chi connectivity index (χ0) is 9.14. The Labute approximate surface area is 71.0 Å². The number of aromatic amines is 1. The van der Waals surface area contributed by atoms with E-state index in [1.54, 1.807) is 6.26 Å². The van der Waals surface area contributed by atoms with Gasteiger partial charge in [0.1, 0.15) is 0 Å². The van der Waals surface area contributed by atoms with Crippen molar-refractivity contribution in [1.82, 2.24) is 9.97 Å². The van der Waals surface area contributed by atoms with Gasteiger partial charge >= 0.3 is 0 Å². The molecule has 2 N–H and O–H groups in total. The van der Waals surface area contributed by atoms with E-state index in [2.05, 4.69) is 15.1 Å². The number of nitrogens with one attached hydrogen (secondary N) is 1. The molecule has 0 atom stereocenters. The van der Waals surface area contributed by atoms with E-state index in [0.29, 0.717) is 0 Å². The first-order chi connectivity index (χ1) is 5.69. The van der Waals surface area contributed by atoms with Crippen molar-refractivity contribution in [3.63, 3.8) is 0 Å². The highest BCUT2D eigenvalue weighted by atomic mass is 32.2. The van der Waals surface area contributed by atoms with Gasteiger partial charge in [-0.2, -0.15) is 4.98 Å². The number of aromatic hydroxyl groups is 1. The molecule has 0 aliphatic rings. The lowest BCUT2D eigenvalue weighted by atomic mass is 10.5. The smallest absolute Gasteiger partial charge is 0.285 e. The zero-order valence-electron chi connectivity index (χ0n) is 6.07. The van der Waals surface area contributed by atoms with Crippen molar-refractivity contribution < 1.29 is 5.11 Å². The van der Waals surface area contributed by atoms with E-state index < -0.39 is 17.1 Å². The largest absolute Gasteiger partial charge is 0.491 e. The summed E-state index contributed by atoms with van der Waals surface area (Å²) in [4.78, 5) is 26.6. The minimum absolute atomic E-state index is 0.241. The summed E-state index contributed by atoms with van der Waals surface area (Å²) in [5, 5.41) is 11.5. The number of aromatic nitrogens is 2. The summed E-state index contributed by atoms with van der Waals surface area (Å²) in [6.45, 7) is 0. The Morgan fingerprint density at radius 3 is 2.75 bits per heavy atom. The number of nitroso groups, excluding NO2 is 1. The Balaban J connectivity index is 3.38. The van der Waals surface area contributed by atoms with Crippen molar-refractivity contribution in [3.8, 4) is 5.88 Å². The molecule has 0 bridgehead atoms. The Morgan fingerprint density at radius 2 is 2.33 bits per heavy atom. The van der Waals surface area contributed by atoms with Gasteiger partial charge in [-0.05, 0) is 11.4 Å². The minimum Gasteiger partial charge on any atom is -0.491 e. The molecule has 0 saturated carbocycles. The van der Waals surface area contributed by atoms with Crippen LogP contribution in [0.15, 0.2) is 15.1 Å². The Morgan fingerprint density at radius 1 is 1.67 bits per heavy atom. The maximum Gasteiger partial charge on any atom is 0.285 e. The van der Waals surface area contributed by atoms with Crippen LogP contribution >= 0.6 is 11.8 Å². The fourth-order valence-corrected chi connectivity index (χ4v) is 0.986. The molecule has 64 valence electrons. The third kappa shape index (κ3) is 1.45. The van der Waals surface area contributed by atoms with E-state index in [1.165, 1.54) is 0 Å². The number of H-pyrrole nitrogens is 1. The SMILES string of the molecule is CSc1nc(O)c(N=O)c(=O)[nH]1. The molecular formula is C5H5N3O3S. The predicted octanol–water partition coefficient (Wildman–Crippen LogP) is 0.595. The summed E-state index contributed by atoms with van der Waals surface area (Å²) < 4.78 is 0. The van der Waals surface area contributed by atoms with E-state index in [-0.39, 0.29) is 5.16 Å². The summed E-state index contributed by atoms with van der Waals surface area (Å²) in [5.74, 6) is -0.641. The summed E-state index contributed by atoms with van der Waals surface area (Å²) in [5.41, 5.74) is -1.32. The molecule has 0 aliphatic carbocycles. The Kier molecular flexibility index (Phi) is 2.44. The highest BCUT2D eigenvalue weighted by Crippen LogP contribution is 2.19. The molecule has 0 saturated heterocycles. The average molecular weight is 187 g/mol. The van der Waals surface area contributed by atoms with Gasteiger partial charge < -0.3 is 5.11 Å². The van der Waals surface area contributed by atoms with Crippen molar-refractivity contribution in [2.45, 2.75) is 5.16 Å². The third-order valence-corrected chi connectivity index (χ3v) is 1.72. The summed E-state index contributed by atoms with van der Waals surface area (Å²) in [7, 11) is 0. The number of nitrogens with zero attached hydrogens (tertiary/aromatic N) is 2. The number of hydrogen-bond donors (Lipinski definition) is 2. The van der Waals surface area contributed by atoms with Crippen molar-refractivity contribution in [2.75, 3.05) is 6.26 Å². The van der Waals surface area contributed by atoms with E-state index in [1.807, 2.05) is 0 Å². The maximum atomic E-state index is 10.9. The van der Waals surface area contributed by atoms with Crippen molar-refractivity contribution in [3.05, 3.63) is 15.3 Å². The van der Waals surface area contributed by atoms with Crippen LogP contribution in [0.2, 0.25) is 0 Å². The second-order valence-electron chi connectivity index (χ2n) is 1.84. The second kappa shape index (κ2) is 3.35. The maximum absolute atomic E-state index is 10.9. The molecule has 0 spiro atoms. The molecule has 0 aliphatic heterocycles. The fourth-order valence-electron chi connectivity index (χ4n) is 0.614. The number of rotatable bonds is 2. The van der Waals surface area contributed by atoms with E-state index in [4.69, 9.17) is 5.11 Å². The quantitative estimate of drug-likeness (QED) is 0.401. The molecule has 1 rings (SSSR count). The van der Waals surface area contributed by atoms with Crippen LogP contribution in [0.25, 0.3) is 0 Å². The van der Waals surface area contributed by atoms with Crippen LogP contribution in [0.5, 0.6) is 5.88 Å². The average Bonchev–Trinajstić information content (AvgIpc) is 2.03. The highest BCUT2D eigenvalue weighted by Gasteiger charge is 2.09. The molecule has 0 unspecified atom stereocenters. The van der Waals surface area contributed by atoms with Gasteiger partial charge in [-0.15, -0.1) is 4.91 Å². The van der Waals surface area contributed by atoms with Crippen molar-refractivity contribution in [1.29, 1.82) is 0 Å². The number of thioether (sulfide) groups is 1. The lowest BCUT2D eigenvalue weighted by Gasteiger charge is -1.96. The third-order valence-electron chi connectivity index (χ3n) is 1.14. The topological polar surface area (TPSA) is 95.4 Å². The van der Waals surface area contributed by atoms with E-state index in [0.717, 1.165) is 11.8 Å². The molecule has 6 nitrogen and oxygen atoms in total. The molecule has 1 aromatic heterocycles. The van der Waals surface area contributed by atoms with Gasteiger partial charge in [0.25, 0.3) is 5.56 Å². The molecule has 7 heteroatoms. The molecule has 0 amide bonds. The first kappa shape index (κ1) is 8.72. The van der Waals surface area contributed by atoms with Crippen molar-refractivity contribution >= 4 is 17.4 Å². The molecule has 0 aromatic carbocycles. The normalized spacial score (nSPS) is 9.75. The van der Waals surface area contributed by atoms with Gasteiger partial charge in [0, 0.05) is 0 Å². The van der Waals surface area contributed by atoms with Gasteiger partial charge in [-0.3, -0.25) is 9.78 Å². The molecular weight excluding hydrogens is 182 g/mol. The standard InChI is InChI=1S/C5H5N3O3S/c1-12-5-6-3(9)2(8-11)4(10)7-5/h1H3,(H2,6,7,9,10). The fraction of sp³-hybridized carbons (Fsp3) is 0.200. The van der Waals surface area contributed by atoms with Crippen LogP contribution in [-0.2, 0) is 0 Å². The van der Waals surface area contributed by atoms with Crippen LogP contribution in [0, 0.1) is 4.91 Å². The van der Waals surface area contributed by atoms with Gasteiger partial charge in [0.15, 0.2) is 5.16 Å².